The lowest BCUT2D eigenvalue weighted by molar-refractivity contribution is -0.0504. The van der Waals surface area contributed by atoms with Crippen LogP contribution in [0.2, 0.25) is 0 Å². The first-order valence-electron chi connectivity index (χ1n) is 7.32. The SMILES string of the molecule is CC(=O)c1c(C)[nH]c(C(=O)NCc2ccccc2OC(F)F)c1C. The van der Waals surface area contributed by atoms with E-state index in [1.807, 2.05) is 0 Å². The number of H-pyrrole nitrogens is 1. The van der Waals surface area contributed by atoms with Crippen molar-refractivity contribution in [1.82, 2.24) is 10.3 Å². The van der Waals surface area contributed by atoms with Crippen molar-refractivity contribution in [1.29, 1.82) is 0 Å². The number of aromatic nitrogens is 1. The number of hydrogen-bond donors (Lipinski definition) is 2. The summed E-state index contributed by atoms with van der Waals surface area (Å²) in [5.41, 5.74) is 2.38. The number of Topliss-reactive ketones (excluding diaryl/α,β-unsaturated/α-hetero) is 1. The summed E-state index contributed by atoms with van der Waals surface area (Å²) in [7, 11) is 0. The number of carbonyl (C=O) groups is 2. The number of halogens is 2. The molecule has 0 spiro atoms. The molecule has 0 atom stereocenters. The number of rotatable bonds is 6. The summed E-state index contributed by atoms with van der Waals surface area (Å²) in [5, 5.41) is 2.64. The molecule has 7 heteroatoms. The Kier molecular flexibility index (Phi) is 5.33. The van der Waals surface area contributed by atoms with E-state index in [4.69, 9.17) is 0 Å². The number of para-hydroxylation sites is 1. The number of nitrogens with one attached hydrogen (secondary N) is 2. The normalized spacial score (nSPS) is 10.8. The van der Waals surface area contributed by atoms with E-state index < -0.39 is 12.5 Å². The smallest absolute Gasteiger partial charge is 0.387 e. The Morgan fingerprint density at radius 1 is 1.25 bits per heavy atom. The molecule has 0 unspecified atom stereocenters. The van der Waals surface area contributed by atoms with Crippen molar-refractivity contribution in [2.45, 2.75) is 33.9 Å². The minimum absolute atomic E-state index is 0.0108. The summed E-state index contributed by atoms with van der Waals surface area (Å²) in [6, 6.07) is 6.23. The summed E-state index contributed by atoms with van der Waals surface area (Å²) >= 11 is 0. The van der Waals surface area contributed by atoms with Crippen LogP contribution < -0.4 is 10.1 Å². The first-order valence-corrected chi connectivity index (χ1v) is 7.32. The van der Waals surface area contributed by atoms with Crippen LogP contribution in [0.3, 0.4) is 0 Å². The van der Waals surface area contributed by atoms with E-state index in [9.17, 15) is 18.4 Å². The zero-order valence-electron chi connectivity index (χ0n) is 13.6. The molecule has 5 nitrogen and oxygen atoms in total. The molecule has 0 aliphatic carbocycles. The largest absolute Gasteiger partial charge is 0.434 e. The van der Waals surface area contributed by atoms with E-state index in [1.54, 1.807) is 32.0 Å². The summed E-state index contributed by atoms with van der Waals surface area (Å²) < 4.78 is 29.2. The molecule has 2 aromatic rings. The minimum atomic E-state index is -2.94. The van der Waals surface area contributed by atoms with Crippen LogP contribution in [0, 0.1) is 13.8 Å². The Morgan fingerprint density at radius 3 is 2.50 bits per heavy atom. The van der Waals surface area contributed by atoms with E-state index in [0.717, 1.165) is 0 Å². The van der Waals surface area contributed by atoms with E-state index in [1.165, 1.54) is 13.0 Å². The van der Waals surface area contributed by atoms with E-state index >= 15 is 0 Å². The molecule has 0 saturated carbocycles. The second kappa shape index (κ2) is 7.25. The first kappa shape index (κ1) is 17.7. The van der Waals surface area contributed by atoms with Gasteiger partial charge in [0, 0.05) is 23.4 Å². The van der Waals surface area contributed by atoms with Crippen LogP contribution in [-0.2, 0) is 6.54 Å². The molecule has 0 aliphatic rings. The van der Waals surface area contributed by atoms with Crippen LogP contribution >= 0.6 is 0 Å². The maximum absolute atomic E-state index is 12.4. The summed E-state index contributed by atoms with van der Waals surface area (Å²) in [5.74, 6) is -0.539. The van der Waals surface area contributed by atoms with Crippen LogP contribution in [0.15, 0.2) is 24.3 Å². The molecule has 24 heavy (non-hydrogen) atoms. The molecule has 1 aromatic heterocycles. The molecule has 0 saturated heterocycles. The second-order valence-electron chi connectivity index (χ2n) is 5.35. The van der Waals surface area contributed by atoms with Crippen molar-refractivity contribution in [2.24, 2.45) is 0 Å². The average Bonchev–Trinajstić information content (AvgIpc) is 2.80. The van der Waals surface area contributed by atoms with Crippen molar-refractivity contribution < 1.29 is 23.1 Å². The molecule has 0 bridgehead atoms. The van der Waals surface area contributed by atoms with Crippen LogP contribution in [-0.4, -0.2) is 23.3 Å². The molecule has 1 aromatic carbocycles. The van der Waals surface area contributed by atoms with Gasteiger partial charge in [0.15, 0.2) is 5.78 Å². The molecule has 0 fully saturated rings. The van der Waals surface area contributed by atoms with Gasteiger partial charge in [-0.25, -0.2) is 0 Å². The van der Waals surface area contributed by atoms with Gasteiger partial charge in [-0.05, 0) is 32.4 Å². The number of benzene rings is 1. The number of aromatic amines is 1. The Balaban J connectivity index is 2.15. The predicted molar refractivity (Wildman–Crippen MR) is 84.5 cm³/mol. The summed E-state index contributed by atoms with van der Waals surface area (Å²) in [6.45, 7) is 1.92. The predicted octanol–water partition coefficient (Wildman–Crippen LogP) is 3.37. The van der Waals surface area contributed by atoms with Crippen molar-refractivity contribution in [3.8, 4) is 5.75 Å². The molecule has 1 amide bonds. The maximum Gasteiger partial charge on any atom is 0.387 e. The van der Waals surface area contributed by atoms with Crippen molar-refractivity contribution >= 4 is 11.7 Å². The molecular weight excluding hydrogens is 318 g/mol. The topological polar surface area (TPSA) is 71.2 Å². The highest BCUT2D eigenvalue weighted by Crippen LogP contribution is 2.21. The monoisotopic (exact) mass is 336 g/mol. The van der Waals surface area contributed by atoms with Gasteiger partial charge in [-0.2, -0.15) is 8.78 Å². The summed E-state index contributed by atoms with van der Waals surface area (Å²) in [4.78, 5) is 26.8. The quantitative estimate of drug-likeness (QED) is 0.795. The van der Waals surface area contributed by atoms with Crippen LogP contribution in [0.25, 0.3) is 0 Å². The van der Waals surface area contributed by atoms with Gasteiger partial charge in [-0.3, -0.25) is 9.59 Å². The standard InChI is InChI=1S/C17H18F2N2O3/c1-9-14(11(3)22)10(2)21-15(9)16(23)20-8-12-6-4-5-7-13(12)24-17(18)19/h4-7,17,21H,8H2,1-3H3,(H,20,23). The van der Waals surface area contributed by atoms with Gasteiger partial charge in [-0.1, -0.05) is 18.2 Å². The zero-order chi connectivity index (χ0) is 17.9. The Morgan fingerprint density at radius 2 is 1.92 bits per heavy atom. The van der Waals surface area contributed by atoms with Gasteiger partial charge in [-0.15, -0.1) is 0 Å². The van der Waals surface area contributed by atoms with Gasteiger partial charge in [0.2, 0.25) is 0 Å². The fourth-order valence-corrected chi connectivity index (χ4v) is 2.63. The zero-order valence-corrected chi connectivity index (χ0v) is 13.6. The maximum atomic E-state index is 12.4. The Hall–Kier alpha value is -2.70. The first-order chi connectivity index (χ1) is 11.3. The van der Waals surface area contributed by atoms with E-state index in [-0.39, 0.29) is 23.8 Å². The van der Waals surface area contributed by atoms with Crippen LogP contribution in [0.5, 0.6) is 5.75 Å². The second-order valence-corrected chi connectivity index (χ2v) is 5.35. The number of aryl methyl sites for hydroxylation is 1. The highest BCUT2D eigenvalue weighted by atomic mass is 19.3. The molecule has 1 heterocycles. The van der Waals surface area contributed by atoms with Crippen molar-refractivity contribution in [3.63, 3.8) is 0 Å². The molecule has 2 N–H and O–H groups in total. The number of ketones is 1. The Bertz CT molecular complexity index is 769. The lowest BCUT2D eigenvalue weighted by Gasteiger charge is -2.11. The fraction of sp³-hybridized carbons (Fsp3) is 0.294. The van der Waals surface area contributed by atoms with Crippen LogP contribution in [0.1, 0.15) is 44.6 Å². The fourth-order valence-electron chi connectivity index (χ4n) is 2.63. The third-order valence-electron chi connectivity index (χ3n) is 3.64. The molecule has 2 rings (SSSR count). The van der Waals surface area contributed by atoms with Crippen molar-refractivity contribution in [3.05, 3.63) is 52.3 Å². The molecular formula is C17H18F2N2O3. The highest BCUT2D eigenvalue weighted by molar-refractivity contribution is 6.02. The van der Waals surface area contributed by atoms with Gasteiger partial charge in [0.1, 0.15) is 11.4 Å². The molecule has 0 radical (unpaired) electrons. The van der Waals surface area contributed by atoms with E-state index in [2.05, 4.69) is 15.0 Å². The third-order valence-corrected chi connectivity index (χ3v) is 3.64. The lowest BCUT2D eigenvalue weighted by Crippen LogP contribution is -2.24. The van der Waals surface area contributed by atoms with Crippen LogP contribution in [0.4, 0.5) is 8.78 Å². The van der Waals surface area contributed by atoms with Gasteiger partial charge < -0.3 is 15.0 Å². The van der Waals surface area contributed by atoms with Gasteiger partial charge >= 0.3 is 6.61 Å². The number of alkyl halides is 2. The number of carbonyl (C=O) groups excluding carboxylic acids is 2. The minimum Gasteiger partial charge on any atom is -0.434 e. The van der Waals surface area contributed by atoms with E-state index in [0.29, 0.717) is 22.4 Å². The number of hydrogen-bond acceptors (Lipinski definition) is 3. The van der Waals surface area contributed by atoms with Gasteiger partial charge in [0.05, 0.1) is 0 Å². The lowest BCUT2D eigenvalue weighted by atomic mass is 10.1. The van der Waals surface area contributed by atoms with Gasteiger partial charge in [0.25, 0.3) is 5.91 Å². The number of amides is 1. The van der Waals surface area contributed by atoms with Crippen molar-refractivity contribution in [2.75, 3.05) is 0 Å². The average molecular weight is 336 g/mol. The highest BCUT2D eigenvalue weighted by Gasteiger charge is 2.20. The molecule has 0 aliphatic heterocycles. The summed E-state index contributed by atoms with van der Waals surface area (Å²) in [6.07, 6.45) is 0. The third kappa shape index (κ3) is 3.79. The molecule has 128 valence electrons. The number of ether oxygens (including phenoxy) is 1. The Labute approximate surface area is 138 Å².